The van der Waals surface area contributed by atoms with Gasteiger partial charge in [0.25, 0.3) is 10.1 Å². The molecular formula is C20H25KO5S. The SMILES string of the molecule is CCCCCCCCc1cc(Oc2ccccc2)cc(S(=O)(=O)O)c1[O-].[K+]. The smallest absolute Gasteiger partial charge is 0.871 e. The van der Waals surface area contributed by atoms with Gasteiger partial charge in [-0.1, -0.05) is 68.5 Å². The van der Waals surface area contributed by atoms with Crippen molar-refractivity contribution in [3.63, 3.8) is 0 Å². The van der Waals surface area contributed by atoms with E-state index in [-0.39, 0.29) is 57.1 Å². The Morgan fingerprint density at radius 2 is 1.59 bits per heavy atom. The van der Waals surface area contributed by atoms with Crippen LogP contribution >= 0.6 is 0 Å². The van der Waals surface area contributed by atoms with Gasteiger partial charge in [-0.3, -0.25) is 4.55 Å². The molecule has 27 heavy (non-hydrogen) atoms. The fourth-order valence-corrected chi connectivity index (χ4v) is 3.42. The van der Waals surface area contributed by atoms with Crippen LogP contribution in [0.2, 0.25) is 0 Å². The standard InChI is InChI=1S/C20H26O5S.K/c1-2-3-4-5-6-8-11-16-14-18(25-17-12-9-7-10-13-17)15-19(20(16)21)26(22,23)24;/h7,9-10,12-15,21H,2-6,8,11H2,1H3,(H,22,23,24);/q;+1/p-1. The summed E-state index contributed by atoms with van der Waals surface area (Å²) < 4.78 is 38.1. The first kappa shape index (κ1) is 24.6. The summed E-state index contributed by atoms with van der Waals surface area (Å²) in [5.74, 6) is 0.101. The molecule has 0 saturated heterocycles. The summed E-state index contributed by atoms with van der Waals surface area (Å²) in [5, 5.41) is 12.4. The minimum atomic E-state index is -4.61. The van der Waals surface area contributed by atoms with E-state index in [9.17, 15) is 18.1 Å². The Morgan fingerprint density at radius 1 is 0.963 bits per heavy atom. The van der Waals surface area contributed by atoms with Gasteiger partial charge in [0.2, 0.25) is 0 Å². The summed E-state index contributed by atoms with van der Waals surface area (Å²) in [6.07, 6.45) is 6.84. The number of hydrogen-bond donors (Lipinski definition) is 1. The first-order valence-corrected chi connectivity index (χ1v) is 10.4. The average molecular weight is 417 g/mol. The monoisotopic (exact) mass is 416 g/mol. The van der Waals surface area contributed by atoms with Crippen molar-refractivity contribution in [2.75, 3.05) is 0 Å². The minimum absolute atomic E-state index is 0. The zero-order chi connectivity index (χ0) is 19.0. The number of benzene rings is 2. The molecule has 2 rings (SSSR count). The van der Waals surface area contributed by atoms with E-state index < -0.39 is 20.8 Å². The second kappa shape index (κ2) is 12.2. The molecule has 0 aromatic heterocycles. The molecule has 0 aliphatic heterocycles. The molecule has 2 aromatic rings. The number of hydrogen-bond acceptors (Lipinski definition) is 4. The first-order valence-electron chi connectivity index (χ1n) is 8.96. The molecule has 0 saturated carbocycles. The Morgan fingerprint density at radius 3 is 2.22 bits per heavy atom. The van der Waals surface area contributed by atoms with Gasteiger partial charge in [-0.05, 0) is 31.0 Å². The number of aryl methyl sites for hydroxylation is 1. The predicted octanol–water partition coefficient (Wildman–Crippen LogP) is 1.71. The second-order valence-corrected chi connectivity index (χ2v) is 7.71. The van der Waals surface area contributed by atoms with Crippen molar-refractivity contribution in [2.45, 2.75) is 56.8 Å². The maximum absolute atomic E-state index is 12.4. The van der Waals surface area contributed by atoms with Gasteiger partial charge >= 0.3 is 51.4 Å². The van der Waals surface area contributed by atoms with E-state index in [4.69, 9.17) is 4.74 Å². The molecule has 0 atom stereocenters. The summed E-state index contributed by atoms with van der Waals surface area (Å²) in [6.45, 7) is 2.15. The second-order valence-electron chi connectivity index (χ2n) is 6.32. The maximum atomic E-state index is 12.4. The van der Waals surface area contributed by atoms with Crippen molar-refractivity contribution in [3.05, 3.63) is 48.0 Å². The van der Waals surface area contributed by atoms with Crippen LogP contribution in [0.3, 0.4) is 0 Å². The Hall–Kier alpha value is -0.414. The van der Waals surface area contributed by atoms with Gasteiger partial charge < -0.3 is 9.84 Å². The summed E-state index contributed by atoms with van der Waals surface area (Å²) in [5.41, 5.74) is 0.349. The molecule has 0 fully saturated rings. The van der Waals surface area contributed by atoms with Gasteiger partial charge in [0.15, 0.2) is 0 Å². The van der Waals surface area contributed by atoms with E-state index in [0.29, 0.717) is 17.7 Å². The molecule has 0 bridgehead atoms. The van der Waals surface area contributed by atoms with Crippen molar-refractivity contribution >= 4 is 10.1 Å². The van der Waals surface area contributed by atoms with Gasteiger partial charge in [0.05, 0.1) is 4.90 Å². The number of unbranched alkanes of at least 4 members (excludes halogenated alkanes) is 5. The topological polar surface area (TPSA) is 86.7 Å². The summed E-state index contributed by atoms with van der Waals surface area (Å²) in [4.78, 5) is -0.632. The van der Waals surface area contributed by atoms with Crippen LogP contribution < -0.4 is 61.2 Å². The molecule has 0 radical (unpaired) electrons. The van der Waals surface area contributed by atoms with Crippen LogP contribution in [0.1, 0.15) is 51.0 Å². The quantitative estimate of drug-likeness (QED) is 0.362. The van der Waals surface area contributed by atoms with Crippen LogP contribution in [-0.2, 0) is 16.5 Å². The third-order valence-corrected chi connectivity index (χ3v) is 5.02. The molecule has 5 nitrogen and oxygen atoms in total. The fourth-order valence-electron chi connectivity index (χ4n) is 2.79. The zero-order valence-electron chi connectivity index (χ0n) is 16.0. The van der Waals surface area contributed by atoms with E-state index in [1.165, 1.54) is 12.8 Å². The van der Waals surface area contributed by atoms with Crippen molar-refractivity contribution in [1.29, 1.82) is 0 Å². The van der Waals surface area contributed by atoms with Crippen molar-refractivity contribution in [2.24, 2.45) is 0 Å². The summed E-state index contributed by atoms with van der Waals surface area (Å²) in [7, 11) is -4.61. The predicted molar refractivity (Wildman–Crippen MR) is 99.3 cm³/mol. The van der Waals surface area contributed by atoms with Crippen LogP contribution in [0.5, 0.6) is 17.2 Å². The van der Waals surface area contributed by atoms with E-state index in [0.717, 1.165) is 31.7 Å². The van der Waals surface area contributed by atoms with Crippen LogP contribution in [0, 0.1) is 0 Å². The molecule has 142 valence electrons. The number of para-hydroxylation sites is 1. The van der Waals surface area contributed by atoms with Crippen molar-refractivity contribution < 1.29 is 74.2 Å². The van der Waals surface area contributed by atoms with Gasteiger partial charge in [-0.15, -0.1) is 0 Å². The number of rotatable bonds is 10. The normalized spacial score (nSPS) is 11.0. The fraction of sp³-hybridized carbons (Fsp3) is 0.400. The molecule has 7 heteroatoms. The summed E-state index contributed by atoms with van der Waals surface area (Å²) >= 11 is 0. The maximum Gasteiger partial charge on any atom is 1.00 e. The molecule has 0 spiro atoms. The Labute approximate surface area is 204 Å². The molecule has 0 aliphatic rings. The Bertz CT molecular complexity index is 807. The van der Waals surface area contributed by atoms with Crippen molar-refractivity contribution in [3.8, 4) is 17.2 Å². The van der Waals surface area contributed by atoms with Gasteiger partial charge in [-0.2, -0.15) is 8.42 Å². The molecule has 1 N–H and O–H groups in total. The van der Waals surface area contributed by atoms with Gasteiger partial charge in [0, 0.05) is 6.07 Å². The van der Waals surface area contributed by atoms with E-state index in [1.54, 1.807) is 30.3 Å². The van der Waals surface area contributed by atoms with E-state index in [2.05, 4.69) is 6.92 Å². The largest absolute Gasteiger partial charge is 1.00 e. The van der Waals surface area contributed by atoms with Gasteiger partial charge in [0.1, 0.15) is 11.5 Å². The number of ether oxygens (including phenoxy) is 1. The first-order chi connectivity index (χ1) is 12.4. The Balaban J connectivity index is 0.00000364. The average Bonchev–Trinajstić information content (AvgIpc) is 2.60. The third kappa shape index (κ3) is 8.23. The molecule has 0 unspecified atom stereocenters. The molecule has 0 amide bonds. The third-order valence-electron chi connectivity index (χ3n) is 4.16. The molecule has 0 heterocycles. The van der Waals surface area contributed by atoms with Crippen molar-refractivity contribution in [1.82, 2.24) is 0 Å². The molecular weight excluding hydrogens is 391 g/mol. The Kier molecular flexibility index (Phi) is 11.1. The van der Waals surface area contributed by atoms with Crippen LogP contribution in [0.25, 0.3) is 0 Å². The van der Waals surface area contributed by atoms with Crippen LogP contribution in [0.15, 0.2) is 47.4 Å². The van der Waals surface area contributed by atoms with E-state index >= 15 is 0 Å². The summed E-state index contributed by atoms with van der Waals surface area (Å²) in [6, 6.07) is 11.5. The van der Waals surface area contributed by atoms with Crippen LogP contribution in [0.4, 0.5) is 0 Å². The minimum Gasteiger partial charge on any atom is -0.871 e. The molecule has 0 aliphatic carbocycles. The van der Waals surface area contributed by atoms with Gasteiger partial charge in [-0.25, -0.2) is 0 Å². The molecule has 2 aromatic carbocycles. The van der Waals surface area contributed by atoms with Crippen LogP contribution in [-0.4, -0.2) is 13.0 Å². The zero-order valence-corrected chi connectivity index (χ0v) is 19.9. The van der Waals surface area contributed by atoms with E-state index in [1.807, 2.05) is 6.07 Å².